The van der Waals surface area contributed by atoms with E-state index in [1.165, 1.54) is 11.0 Å². The molecular formula is C19H15BrF6N2O3. The van der Waals surface area contributed by atoms with Crippen molar-refractivity contribution >= 4 is 21.9 Å². The van der Waals surface area contributed by atoms with Crippen LogP contribution in [0.4, 0.5) is 26.3 Å². The van der Waals surface area contributed by atoms with Gasteiger partial charge in [-0.25, -0.2) is 18.0 Å². The van der Waals surface area contributed by atoms with Crippen LogP contribution < -0.4 is 5.56 Å². The predicted octanol–water partition coefficient (Wildman–Crippen LogP) is 3.94. The molecule has 3 rings (SSSR count). The average molecular weight is 513 g/mol. The third-order valence-electron chi connectivity index (χ3n) is 4.84. The van der Waals surface area contributed by atoms with Crippen molar-refractivity contribution in [2.45, 2.75) is 24.6 Å². The molecule has 168 valence electrons. The van der Waals surface area contributed by atoms with E-state index in [4.69, 9.17) is 0 Å². The standard InChI is InChI=1S/C19H15BrF6N2O3/c20-11-1-2-14(21)12(5-11)16(17(30)31)28-7-10(3-4-27-8-18(22,23)9-27)13(6-15(28)29)19(24,25)26/h1-2,5-7,16H,3-4,8-9H2,(H,30,31). The summed E-state index contributed by atoms with van der Waals surface area (Å²) in [6.07, 6.45) is -4.58. The van der Waals surface area contributed by atoms with E-state index in [2.05, 4.69) is 15.9 Å². The Morgan fingerprint density at radius 1 is 1.23 bits per heavy atom. The zero-order chi connectivity index (χ0) is 23.1. The Morgan fingerprint density at radius 3 is 2.42 bits per heavy atom. The smallest absolute Gasteiger partial charge is 0.416 e. The quantitative estimate of drug-likeness (QED) is 0.595. The van der Waals surface area contributed by atoms with E-state index in [1.54, 1.807) is 0 Å². The number of nitrogens with zero attached hydrogens (tertiary/aromatic N) is 2. The third-order valence-corrected chi connectivity index (χ3v) is 5.33. The first-order valence-electron chi connectivity index (χ1n) is 8.89. The molecule has 0 saturated carbocycles. The van der Waals surface area contributed by atoms with Crippen molar-refractivity contribution in [1.82, 2.24) is 9.47 Å². The van der Waals surface area contributed by atoms with Crippen LogP contribution in [0.5, 0.6) is 0 Å². The third kappa shape index (κ3) is 5.12. The van der Waals surface area contributed by atoms with Gasteiger partial charge in [-0.15, -0.1) is 0 Å². The lowest BCUT2D eigenvalue weighted by atomic mass is 10.0. The molecule has 31 heavy (non-hydrogen) atoms. The number of carbonyl (C=O) groups is 1. The summed E-state index contributed by atoms with van der Waals surface area (Å²) in [5.74, 6) is -5.53. The van der Waals surface area contributed by atoms with Crippen LogP contribution in [0.25, 0.3) is 0 Å². The second kappa shape index (κ2) is 8.30. The normalized spacial score (nSPS) is 17.3. The van der Waals surface area contributed by atoms with Crippen molar-refractivity contribution in [2.75, 3.05) is 19.6 Å². The van der Waals surface area contributed by atoms with Gasteiger partial charge in [0, 0.05) is 28.8 Å². The van der Waals surface area contributed by atoms with Gasteiger partial charge in [-0.3, -0.25) is 14.3 Å². The van der Waals surface area contributed by atoms with Crippen LogP contribution in [-0.2, 0) is 17.4 Å². The van der Waals surface area contributed by atoms with Crippen LogP contribution in [0, 0.1) is 5.82 Å². The summed E-state index contributed by atoms with van der Waals surface area (Å²) < 4.78 is 81.4. The van der Waals surface area contributed by atoms with Gasteiger partial charge in [-0.1, -0.05) is 15.9 Å². The van der Waals surface area contributed by atoms with Gasteiger partial charge in [0.15, 0.2) is 6.04 Å². The van der Waals surface area contributed by atoms with Crippen LogP contribution in [-0.4, -0.2) is 46.1 Å². The second-order valence-corrected chi connectivity index (χ2v) is 8.09. The molecule has 1 atom stereocenters. The zero-order valence-corrected chi connectivity index (χ0v) is 17.2. The summed E-state index contributed by atoms with van der Waals surface area (Å²) in [5, 5.41) is 9.61. The molecular weight excluding hydrogens is 498 g/mol. The molecule has 1 saturated heterocycles. The highest BCUT2D eigenvalue weighted by Crippen LogP contribution is 2.33. The summed E-state index contributed by atoms with van der Waals surface area (Å²) in [6, 6.07) is 1.67. The highest BCUT2D eigenvalue weighted by atomic mass is 79.9. The number of carboxylic acid groups (broad SMARTS) is 1. The SMILES string of the molecule is O=C(O)C(c1cc(Br)ccc1F)n1cc(CCN2CC(F)(F)C2)c(C(F)(F)F)cc1=O. The monoisotopic (exact) mass is 512 g/mol. The van der Waals surface area contributed by atoms with E-state index >= 15 is 0 Å². The Balaban J connectivity index is 2.05. The fraction of sp³-hybridized carbons (Fsp3) is 0.368. The fourth-order valence-electron chi connectivity index (χ4n) is 3.43. The Morgan fingerprint density at radius 2 is 1.87 bits per heavy atom. The number of hydrogen-bond donors (Lipinski definition) is 1. The Hall–Kier alpha value is -2.34. The minimum atomic E-state index is -4.92. The summed E-state index contributed by atoms with van der Waals surface area (Å²) in [4.78, 5) is 25.5. The lowest BCUT2D eigenvalue weighted by Gasteiger charge is -2.38. The number of carboxylic acids is 1. The summed E-state index contributed by atoms with van der Waals surface area (Å²) in [7, 11) is 0. The molecule has 1 aliphatic rings. The predicted molar refractivity (Wildman–Crippen MR) is 101 cm³/mol. The van der Waals surface area contributed by atoms with Crippen LogP contribution in [0.3, 0.4) is 0 Å². The van der Waals surface area contributed by atoms with Crippen molar-refractivity contribution in [1.29, 1.82) is 0 Å². The van der Waals surface area contributed by atoms with Gasteiger partial charge in [-0.05, 0) is 30.2 Å². The van der Waals surface area contributed by atoms with Gasteiger partial charge < -0.3 is 5.11 Å². The summed E-state index contributed by atoms with van der Waals surface area (Å²) in [6.45, 7) is -1.36. The van der Waals surface area contributed by atoms with Crippen molar-refractivity contribution in [3.05, 3.63) is 67.8 Å². The van der Waals surface area contributed by atoms with E-state index in [0.717, 1.165) is 12.1 Å². The number of halogens is 7. The maximum atomic E-state index is 14.3. The number of aromatic nitrogens is 1. The Kier molecular flexibility index (Phi) is 6.25. The van der Waals surface area contributed by atoms with Crippen molar-refractivity contribution in [2.24, 2.45) is 0 Å². The van der Waals surface area contributed by atoms with E-state index in [1.807, 2.05) is 0 Å². The van der Waals surface area contributed by atoms with Crippen molar-refractivity contribution in [3.63, 3.8) is 0 Å². The van der Waals surface area contributed by atoms with Gasteiger partial charge in [0.05, 0.1) is 18.7 Å². The van der Waals surface area contributed by atoms with Gasteiger partial charge in [0.25, 0.3) is 11.5 Å². The summed E-state index contributed by atoms with van der Waals surface area (Å²) in [5.41, 5.74) is -3.47. The number of hydrogen-bond acceptors (Lipinski definition) is 3. The molecule has 0 aliphatic carbocycles. The number of benzene rings is 1. The molecule has 1 N–H and O–H groups in total. The number of alkyl halides is 5. The first kappa shape index (κ1) is 23.3. The molecule has 1 aromatic heterocycles. The first-order chi connectivity index (χ1) is 14.3. The Bertz CT molecular complexity index is 1060. The van der Waals surface area contributed by atoms with Gasteiger partial charge in [0.2, 0.25) is 0 Å². The first-order valence-corrected chi connectivity index (χ1v) is 9.68. The number of likely N-dealkylation sites (tertiary alicyclic amines) is 1. The van der Waals surface area contributed by atoms with Crippen LogP contribution in [0.15, 0.2) is 39.7 Å². The zero-order valence-electron chi connectivity index (χ0n) is 15.6. The van der Waals surface area contributed by atoms with Crippen LogP contribution in [0.1, 0.15) is 22.7 Å². The molecule has 1 unspecified atom stereocenters. The van der Waals surface area contributed by atoms with Crippen molar-refractivity contribution in [3.8, 4) is 0 Å². The van der Waals surface area contributed by atoms with Gasteiger partial charge >= 0.3 is 12.1 Å². The topological polar surface area (TPSA) is 62.5 Å². The molecule has 0 bridgehead atoms. The molecule has 1 aliphatic heterocycles. The molecule has 0 spiro atoms. The molecule has 0 amide bonds. The minimum absolute atomic E-state index is 0.153. The fourth-order valence-corrected chi connectivity index (χ4v) is 3.81. The van der Waals surface area contributed by atoms with Crippen LogP contribution in [0.2, 0.25) is 0 Å². The lowest BCUT2D eigenvalue weighted by molar-refractivity contribution is -0.140. The number of pyridine rings is 1. The maximum absolute atomic E-state index is 14.3. The molecule has 12 heteroatoms. The molecule has 0 radical (unpaired) electrons. The van der Waals surface area contributed by atoms with Gasteiger partial charge in [0.1, 0.15) is 5.82 Å². The lowest BCUT2D eigenvalue weighted by Crippen LogP contribution is -2.56. The molecule has 2 aromatic rings. The molecule has 5 nitrogen and oxygen atoms in total. The van der Waals surface area contributed by atoms with E-state index in [-0.39, 0.29) is 19.0 Å². The highest BCUT2D eigenvalue weighted by molar-refractivity contribution is 9.10. The number of aliphatic carboxylic acids is 1. The second-order valence-electron chi connectivity index (χ2n) is 7.18. The molecule has 1 fully saturated rings. The summed E-state index contributed by atoms with van der Waals surface area (Å²) >= 11 is 3.06. The minimum Gasteiger partial charge on any atom is -0.479 e. The largest absolute Gasteiger partial charge is 0.479 e. The highest BCUT2D eigenvalue weighted by Gasteiger charge is 2.43. The van der Waals surface area contributed by atoms with E-state index in [9.17, 15) is 41.0 Å². The maximum Gasteiger partial charge on any atom is 0.416 e. The van der Waals surface area contributed by atoms with Crippen LogP contribution >= 0.6 is 15.9 Å². The van der Waals surface area contributed by atoms with E-state index < -0.39 is 65.3 Å². The van der Waals surface area contributed by atoms with E-state index in [0.29, 0.717) is 15.2 Å². The number of rotatable bonds is 6. The van der Waals surface area contributed by atoms with Gasteiger partial charge in [-0.2, -0.15) is 13.2 Å². The molecule has 2 heterocycles. The van der Waals surface area contributed by atoms with Crippen molar-refractivity contribution < 1.29 is 36.2 Å². The Labute approximate surface area is 180 Å². The molecule has 1 aromatic carbocycles. The average Bonchev–Trinajstić information content (AvgIpc) is 2.61.